The minimum Gasteiger partial charge on any atom is -0.406 e. The summed E-state index contributed by atoms with van der Waals surface area (Å²) in [4.78, 5) is 8.88. The van der Waals surface area contributed by atoms with Crippen LogP contribution in [-0.4, -0.2) is 38.4 Å². The van der Waals surface area contributed by atoms with Crippen molar-refractivity contribution in [1.82, 2.24) is 14.8 Å². The van der Waals surface area contributed by atoms with E-state index in [1.165, 1.54) is 59.2 Å². The van der Waals surface area contributed by atoms with Gasteiger partial charge in [-0.3, -0.25) is 4.99 Å². The summed E-state index contributed by atoms with van der Waals surface area (Å²) < 4.78 is 83.3. The minimum absolute atomic E-state index is 0.209. The molecule has 1 aliphatic rings. The number of alkyl halides is 6. The van der Waals surface area contributed by atoms with E-state index < -0.39 is 12.7 Å². The molecule has 5 rings (SSSR count). The molecule has 7 nitrogen and oxygen atoms in total. The number of nitrogens with zero attached hydrogens (tertiary/aromatic N) is 4. The molecule has 0 spiro atoms. The zero-order valence-electron chi connectivity index (χ0n) is 19.6. The van der Waals surface area contributed by atoms with Crippen LogP contribution in [0.5, 0.6) is 11.5 Å². The summed E-state index contributed by atoms with van der Waals surface area (Å²) in [6, 6.07) is 17.9. The van der Waals surface area contributed by atoms with Gasteiger partial charge in [-0.05, 0) is 66.2 Å². The van der Waals surface area contributed by atoms with Crippen LogP contribution in [0.25, 0.3) is 17.1 Å². The highest BCUT2D eigenvalue weighted by Gasteiger charge is 2.32. The fourth-order valence-electron chi connectivity index (χ4n) is 3.65. The molecule has 4 aromatic rings. The van der Waals surface area contributed by atoms with Crippen molar-refractivity contribution >= 4 is 22.6 Å². The number of hydrogen-bond acceptors (Lipinski definition) is 7. The maximum atomic E-state index is 12.4. The number of halogens is 6. The first kappa shape index (κ1) is 26.4. The van der Waals surface area contributed by atoms with Crippen LogP contribution >= 0.6 is 11.8 Å². The lowest BCUT2D eigenvalue weighted by atomic mass is 10.1. The molecule has 0 saturated carbocycles. The smallest absolute Gasteiger partial charge is 0.406 e. The largest absolute Gasteiger partial charge is 0.573 e. The molecular weight excluding hydrogens is 548 g/mol. The van der Waals surface area contributed by atoms with Crippen LogP contribution in [0.2, 0.25) is 0 Å². The van der Waals surface area contributed by atoms with Gasteiger partial charge in [-0.1, -0.05) is 23.9 Å². The predicted molar refractivity (Wildman–Crippen MR) is 133 cm³/mol. The first-order chi connectivity index (χ1) is 18.5. The quantitative estimate of drug-likeness (QED) is 0.254. The molecule has 0 fully saturated rings. The maximum Gasteiger partial charge on any atom is 0.573 e. The fraction of sp³-hybridized carbons (Fsp3) is 0.160. The van der Waals surface area contributed by atoms with Crippen LogP contribution in [0.1, 0.15) is 11.6 Å². The molecule has 1 unspecified atom stereocenters. The van der Waals surface area contributed by atoms with E-state index in [2.05, 4.69) is 29.9 Å². The first-order valence-electron chi connectivity index (χ1n) is 11.2. The third-order valence-corrected chi connectivity index (χ3v) is 6.33. The van der Waals surface area contributed by atoms with E-state index in [9.17, 15) is 26.3 Å². The summed E-state index contributed by atoms with van der Waals surface area (Å²) in [6.45, 7) is 0. The topological polar surface area (TPSA) is 73.6 Å². The van der Waals surface area contributed by atoms with Crippen LogP contribution in [0.15, 0.2) is 84.1 Å². The van der Waals surface area contributed by atoms with Crippen LogP contribution in [-0.2, 0) is 0 Å². The maximum absolute atomic E-state index is 12.4. The van der Waals surface area contributed by atoms with Gasteiger partial charge in [-0.15, -0.1) is 31.4 Å². The van der Waals surface area contributed by atoms with E-state index >= 15 is 0 Å². The van der Waals surface area contributed by atoms with Crippen molar-refractivity contribution in [2.45, 2.75) is 18.8 Å². The van der Waals surface area contributed by atoms with Crippen molar-refractivity contribution in [2.24, 2.45) is 4.99 Å². The number of benzene rings is 3. The van der Waals surface area contributed by atoms with E-state index in [1.807, 2.05) is 12.1 Å². The number of anilines is 1. The Labute approximate surface area is 221 Å². The van der Waals surface area contributed by atoms with Gasteiger partial charge in [0.05, 0.1) is 11.7 Å². The molecule has 39 heavy (non-hydrogen) atoms. The summed E-state index contributed by atoms with van der Waals surface area (Å²) >= 11 is 1.49. The molecule has 0 amide bonds. The number of ether oxygens (including phenoxy) is 2. The van der Waals surface area contributed by atoms with E-state index in [1.54, 1.807) is 24.3 Å². The Morgan fingerprint density at radius 2 is 1.38 bits per heavy atom. The second kappa shape index (κ2) is 10.5. The zero-order chi connectivity index (χ0) is 27.6. The zero-order valence-corrected chi connectivity index (χ0v) is 20.4. The van der Waals surface area contributed by atoms with Crippen molar-refractivity contribution in [3.63, 3.8) is 0 Å². The van der Waals surface area contributed by atoms with Gasteiger partial charge in [0.15, 0.2) is 11.0 Å². The summed E-state index contributed by atoms with van der Waals surface area (Å²) in [6.07, 6.45) is -8.05. The minimum atomic E-state index is -4.77. The third-order valence-electron chi connectivity index (χ3n) is 5.37. The number of aliphatic imine (C=N–C) groups is 1. The molecular formula is C25H17F6N5O2S. The number of rotatable bonds is 6. The summed E-state index contributed by atoms with van der Waals surface area (Å²) in [5, 5.41) is 8.27. The van der Waals surface area contributed by atoms with Crippen LogP contribution in [0.3, 0.4) is 0 Å². The molecule has 3 aromatic carbocycles. The van der Waals surface area contributed by atoms with Gasteiger partial charge in [-0.25, -0.2) is 9.67 Å². The Morgan fingerprint density at radius 1 is 0.795 bits per heavy atom. The average Bonchev–Trinajstić information content (AvgIpc) is 3.54. The Balaban J connectivity index is 1.20. The SMILES string of the molecule is FC(F)(F)Oc1ccc(C2CSC(Nc3ccc(-c4ncn(-c5ccc(OC(F)(F)F)cc5)n4)cc3)=N2)cc1. The number of thioether (sulfide) groups is 1. The van der Waals surface area contributed by atoms with E-state index in [0.717, 1.165) is 16.8 Å². The molecule has 0 radical (unpaired) electrons. The van der Waals surface area contributed by atoms with Crippen molar-refractivity contribution in [2.75, 3.05) is 11.1 Å². The van der Waals surface area contributed by atoms with Gasteiger partial charge in [-0.2, -0.15) is 0 Å². The van der Waals surface area contributed by atoms with Gasteiger partial charge >= 0.3 is 12.7 Å². The highest BCUT2D eigenvalue weighted by atomic mass is 32.2. The lowest BCUT2D eigenvalue weighted by Gasteiger charge is -2.10. The van der Waals surface area contributed by atoms with Crippen molar-refractivity contribution in [3.8, 4) is 28.6 Å². The lowest BCUT2D eigenvalue weighted by Crippen LogP contribution is -2.17. The molecule has 1 atom stereocenters. The number of amidine groups is 1. The number of hydrogen-bond donors (Lipinski definition) is 1. The second-order valence-corrected chi connectivity index (χ2v) is 9.14. The Hall–Kier alpha value is -4.20. The highest BCUT2D eigenvalue weighted by Crippen LogP contribution is 2.33. The van der Waals surface area contributed by atoms with Crippen molar-refractivity contribution < 1.29 is 35.8 Å². The molecule has 0 saturated heterocycles. The van der Waals surface area contributed by atoms with Gasteiger partial charge < -0.3 is 14.8 Å². The predicted octanol–water partition coefficient (Wildman–Crippen LogP) is 6.99. The van der Waals surface area contributed by atoms with Gasteiger partial charge in [0.1, 0.15) is 17.8 Å². The summed E-state index contributed by atoms with van der Waals surface area (Å²) in [5.74, 6) is 0.430. The van der Waals surface area contributed by atoms with Gasteiger partial charge in [0.2, 0.25) is 0 Å². The Kier molecular flexibility index (Phi) is 7.12. The third kappa shape index (κ3) is 7.02. The molecule has 0 bridgehead atoms. The standard InChI is InChI=1S/C25H17F6N5O2S/c26-24(27,28)37-19-9-3-15(4-10-19)21-13-39-23(34-21)33-17-5-1-16(2-6-17)22-32-14-36(35-22)18-7-11-20(12-8-18)38-25(29,30)31/h1-12,14,21H,13H2,(H,33,34). The molecule has 2 heterocycles. The molecule has 202 valence electrons. The van der Waals surface area contributed by atoms with Crippen molar-refractivity contribution in [1.29, 1.82) is 0 Å². The number of nitrogens with one attached hydrogen (secondary N) is 1. The number of aromatic nitrogens is 3. The van der Waals surface area contributed by atoms with E-state index in [-0.39, 0.29) is 17.5 Å². The van der Waals surface area contributed by atoms with Crippen LogP contribution in [0, 0.1) is 0 Å². The van der Waals surface area contributed by atoms with Crippen LogP contribution < -0.4 is 14.8 Å². The van der Waals surface area contributed by atoms with Gasteiger partial charge in [0.25, 0.3) is 0 Å². The molecule has 1 aliphatic heterocycles. The normalized spacial score (nSPS) is 15.6. The van der Waals surface area contributed by atoms with Gasteiger partial charge in [0, 0.05) is 17.0 Å². The second-order valence-electron chi connectivity index (χ2n) is 8.13. The molecule has 1 aromatic heterocycles. The van der Waals surface area contributed by atoms with E-state index in [4.69, 9.17) is 0 Å². The van der Waals surface area contributed by atoms with E-state index in [0.29, 0.717) is 22.4 Å². The Bertz CT molecular complexity index is 1450. The molecule has 14 heteroatoms. The summed E-state index contributed by atoms with van der Waals surface area (Å²) in [7, 11) is 0. The average molecular weight is 565 g/mol. The van der Waals surface area contributed by atoms with Crippen LogP contribution in [0.4, 0.5) is 32.0 Å². The monoisotopic (exact) mass is 565 g/mol. The fourth-order valence-corrected chi connectivity index (χ4v) is 4.63. The Morgan fingerprint density at radius 3 is 1.97 bits per heavy atom. The lowest BCUT2D eigenvalue weighted by molar-refractivity contribution is -0.275. The van der Waals surface area contributed by atoms with Crippen molar-refractivity contribution in [3.05, 3.63) is 84.7 Å². The molecule has 1 N–H and O–H groups in total. The highest BCUT2D eigenvalue weighted by molar-refractivity contribution is 8.14. The molecule has 0 aliphatic carbocycles. The first-order valence-corrected chi connectivity index (χ1v) is 12.2. The summed E-state index contributed by atoms with van der Waals surface area (Å²) in [5.41, 5.74) is 2.76.